The van der Waals surface area contributed by atoms with Gasteiger partial charge in [0.1, 0.15) is 10.6 Å². The molecule has 0 atom stereocenters. The second-order valence-electron chi connectivity index (χ2n) is 5.41. The third-order valence-electron chi connectivity index (χ3n) is 3.62. The fourth-order valence-electron chi connectivity index (χ4n) is 2.46. The Bertz CT molecular complexity index is 1130. The summed E-state index contributed by atoms with van der Waals surface area (Å²) in [5.41, 5.74) is 1.20. The second-order valence-corrected chi connectivity index (χ2v) is 7.67. The standard InChI is InChI=1S/C17H13N5O3S2/c23-27(24,21-16-11-26-22-20-16)15-8-4-7-13(14-9-10-18-19-14)17(15)25-12-5-2-1-3-6-12/h1-11,21H,(H,18,19). The number of hydrogen-bond donors (Lipinski definition) is 2. The zero-order valence-electron chi connectivity index (χ0n) is 13.7. The number of nitrogens with zero attached hydrogens (tertiary/aromatic N) is 3. The van der Waals surface area contributed by atoms with Gasteiger partial charge in [0.15, 0.2) is 11.6 Å². The number of nitrogens with one attached hydrogen (secondary N) is 2. The van der Waals surface area contributed by atoms with E-state index in [1.807, 2.05) is 18.2 Å². The van der Waals surface area contributed by atoms with Crippen LogP contribution in [0.3, 0.4) is 0 Å². The van der Waals surface area contributed by atoms with E-state index < -0.39 is 10.0 Å². The van der Waals surface area contributed by atoms with Crippen molar-refractivity contribution in [2.24, 2.45) is 0 Å². The van der Waals surface area contributed by atoms with Gasteiger partial charge in [0, 0.05) is 11.8 Å². The summed E-state index contributed by atoms with van der Waals surface area (Å²) in [5, 5.41) is 12.0. The highest BCUT2D eigenvalue weighted by Gasteiger charge is 2.24. The first-order chi connectivity index (χ1) is 13.1. The predicted molar refractivity (Wildman–Crippen MR) is 101 cm³/mol. The summed E-state index contributed by atoms with van der Waals surface area (Å²) >= 11 is 1.05. The Morgan fingerprint density at radius 1 is 1.04 bits per heavy atom. The molecule has 0 fully saturated rings. The Labute approximate surface area is 159 Å². The first-order valence-electron chi connectivity index (χ1n) is 7.79. The molecule has 0 aliphatic heterocycles. The molecular formula is C17H13N5O3S2. The quantitative estimate of drug-likeness (QED) is 0.513. The van der Waals surface area contributed by atoms with E-state index in [9.17, 15) is 8.42 Å². The number of H-pyrrole nitrogens is 1. The van der Waals surface area contributed by atoms with Crippen LogP contribution in [-0.4, -0.2) is 28.2 Å². The molecule has 136 valence electrons. The van der Waals surface area contributed by atoms with Crippen LogP contribution < -0.4 is 9.46 Å². The van der Waals surface area contributed by atoms with Crippen LogP contribution in [0.15, 0.2) is 71.1 Å². The molecule has 0 bridgehead atoms. The third-order valence-corrected chi connectivity index (χ3v) is 5.50. The van der Waals surface area contributed by atoms with Crippen LogP contribution in [0, 0.1) is 0 Å². The lowest BCUT2D eigenvalue weighted by molar-refractivity contribution is 0.469. The van der Waals surface area contributed by atoms with Gasteiger partial charge in [-0.3, -0.25) is 9.82 Å². The number of aromatic amines is 1. The van der Waals surface area contributed by atoms with Gasteiger partial charge in [0.25, 0.3) is 10.0 Å². The largest absolute Gasteiger partial charge is 0.455 e. The van der Waals surface area contributed by atoms with Gasteiger partial charge in [0.2, 0.25) is 0 Å². The van der Waals surface area contributed by atoms with Crippen LogP contribution in [0.25, 0.3) is 11.3 Å². The van der Waals surface area contributed by atoms with Crippen molar-refractivity contribution in [3.63, 3.8) is 0 Å². The summed E-state index contributed by atoms with van der Waals surface area (Å²) in [5.74, 6) is 0.845. The Morgan fingerprint density at radius 3 is 2.59 bits per heavy atom. The fourth-order valence-corrected chi connectivity index (χ4v) is 4.06. The van der Waals surface area contributed by atoms with Crippen molar-refractivity contribution >= 4 is 27.4 Å². The van der Waals surface area contributed by atoms with Gasteiger partial charge < -0.3 is 4.74 Å². The van der Waals surface area contributed by atoms with Crippen LogP contribution in [0.4, 0.5) is 5.82 Å². The molecule has 27 heavy (non-hydrogen) atoms. The molecule has 2 N–H and O–H groups in total. The molecule has 2 aromatic heterocycles. The Hall–Kier alpha value is -3.24. The van der Waals surface area contributed by atoms with Crippen molar-refractivity contribution in [2.75, 3.05) is 4.72 Å². The maximum Gasteiger partial charge on any atom is 0.266 e. The maximum absolute atomic E-state index is 13.0. The molecule has 0 saturated carbocycles. The van der Waals surface area contributed by atoms with Gasteiger partial charge in [-0.15, -0.1) is 5.10 Å². The van der Waals surface area contributed by atoms with Gasteiger partial charge in [-0.25, -0.2) is 8.42 Å². The monoisotopic (exact) mass is 399 g/mol. The number of benzene rings is 2. The molecule has 0 saturated heterocycles. The van der Waals surface area contributed by atoms with Crippen molar-refractivity contribution in [1.29, 1.82) is 0 Å². The number of ether oxygens (including phenoxy) is 1. The van der Waals surface area contributed by atoms with E-state index in [2.05, 4.69) is 24.5 Å². The average molecular weight is 399 g/mol. The molecular weight excluding hydrogens is 386 g/mol. The molecule has 2 aromatic carbocycles. The maximum atomic E-state index is 13.0. The normalized spacial score (nSPS) is 11.3. The lowest BCUT2D eigenvalue weighted by Crippen LogP contribution is -2.14. The lowest BCUT2D eigenvalue weighted by atomic mass is 10.1. The highest BCUT2D eigenvalue weighted by molar-refractivity contribution is 7.92. The average Bonchev–Trinajstić information content (AvgIpc) is 3.36. The molecule has 8 nitrogen and oxygen atoms in total. The summed E-state index contributed by atoms with van der Waals surface area (Å²) in [4.78, 5) is -0.0218. The molecule has 0 aliphatic rings. The summed E-state index contributed by atoms with van der Waals surface area (Å²) in [7, 11) is -3.95. The van der Waals surface area contributed by atoms with Crippen molar-refractivity contribution in [1.82, 2.24) is 19.8 Å². The molecule has 0 amide bonds. The van der Waals surface area contributed by atoms with Gasteiger partial charge in [-0.1, -0.05) is 28.8 Å². The summed E-state index contributed by atoms with van der Waals surface area (Å²) < 4.78 is 38.0. The van der Waals surface area contributed by atoms with Crippen molar-refractivity contribution in [3.05, 3.63) is 66.2 Å². The van der Waals surface area contributed by atoms with E-state index in [-0.39, 0.29) is 16.5 Å². The number of para-hydroxylation sites is 2. The highest BCUT2D eigenvalue weighted by atomic mass is 32.2. The molecule has 4 aromatic rings. The first kappa shape index (κ1) is 17.2. The third kappa shape index (κ3) is 3.66. The number of anilines is 1. The summed E-state index contributed by atoms with van der Waals surface area (Å²) in [6, 6.07) is 15.6. The molecule has 0 spiro atoms. The second kappa shape index (κ2) is 7.17. The van der Waals surface area contributed by atoms with Crippen molar-refractivity contribution in [2.45, 2.75) is 4.90 Å². The predicted octanol–water partition coefficient (Wildman–Crippen LogP) is 3.52. The Kier molecular flexibility index (Phi) is 4.57. The van der Waals surface area contributed by atoms with Gasteiger partial charge in [-0.2, -0.15) is 5.10 Å². The fraction of sp³-hybridized carbons (Fsp3) is 0. The zero-order chi connectivity index (χ0) is 18.7. The van der Waals surface area contributed by atoms with Gasteiger partial charge in [0.05, 0.1) is 11.1 Å². The minimum absolute atomic E-state index is 0.0218. The van der Waals surface area contributed by atoms with E-state index >= 15 is 0 Å². The van der Waals surface area contributed by atoms with E-state index in [4.69, 9.17) is 4.74 Å². The van der Waals surface area contributed by atoms with Crippen LogP contribution in [0.1, 0.15) is 0 Å². The number of rotatable bonds is 6. The van der Waals surface area contributed by atoms with Crippen LogP contribution in [0.5, 0.6) is 11.5 Å². The number of sulfonamides is 1. The van der Waals surface area contributed by atoms with Crippen LogP contribution >= 0.6 is 11.5 Å². The van der Waals surface area contributed by atoms with Crippen molar-refractivity contribution < 1.29 is 13.2 Å². The first-order valence-corrected chi connectivity index (χ1v) is 10.1. The summed E-state index contributed by atoms with van der Waals surface area (Å²) in [6.45, 7) is 0. The Balaban J connectivity index is 1.84. The topological polar surface area (TPSA) is 110 Å². The van der Waals surface area contributed by atoms with Gasteiger partial charge >= 0.3 is 0 Å². The molecule has 0 unspecified atom stereocenters. The molecule has 2 heterocycles. The Morgan fingerprint density at radius 2 is 1.89 bits per heavy atom. The number of hydrogen-bond acceptors (Lipinski definition) is 7. The van der Waals surface area contributed by atoms with E-state index in [1.165, 1.54) is 11.4 Å². The molecule has 0 aliphatic carbocycles. The van der Waals surface area contributed by atoms with E-state index in [0.717, 1.165) is 11.5 Å². The minimum Gasteiger partial charge on any atom is -0.455 e. The van der Waals surface area contributed by atoms with Crippen LogP contribution in [-0.2, 0) is 10.0 Å². The summed E-state index contributed by atoms with van der Waals surface area (Å²) in [6.07, 6.45) is 1.59. The molecule has 10 heteroatoms. The van der Waals surface area contributed by atoms with Gasteiger partial charge in [-0.05, 0) is 41.9 Å². The smallest absolute Gasteiger partial charge is 0.266 e. The minimum atomic E-state index is -3.95. The van der Waals surface area contributed by atoms with E-state index in [0.29, 0.717) is 17.0 Å². The zero-order valence-corrected chi connectivity index (χ0v) is 15.4. The van der Waals surface area contributed by atoms with Crippen LogP contribution in [0.2, 0.25) is 0 Å². The number of aromatic nitrogens is 4. The van der Waals surface area contributed by atoms with Crippen molar-refractivity contribution in [3.8, 4) is 22.8 Å². The van der Waals surface area contributed by atoms with E-state index in [1.54, 1.807) is 36.5 Å². The molecule has 4 rings (SSSR count). The highest BCUT2D eigenvalue weighted by Crippen LogP contribution is 2.38. The molecule has 0 radical (unpaired) electrons. The lowest BCUT2D eigenvalue weighted by Gasteiger charge is -2.15. The SMILES string of the molecule is O=S(=O)(Nc1csnn1)c1cccc(-c2ccn[nH]2)c1Oc1ccccc1.